The van der Waals surface area contributed by atoms with E-state index in [0.717, 1.165) is 6.07 Å². The van der Waals surface area contributed by atoms with Crippen LogP contribution in [0.25, 0.3) is 0 Å². The number of hydrogen-bond acceptors (Lipinski definition) is 4. The number of nitriles is 1. The van der Waals surface area contributed by atoms with Crippen LogP contribution in [0.2, 0.25) is 5.02 Å². The lowest BCUT2D eigenvalue weighted by molar-refractivity contribution is -0.117. The number of hydrogen-bond donors (Lipinski definition) is 1. The fraction of sp³-hybridized carbons (Fsp3) is 0.125. The van der Waals surface area contributed by atoms with Crippen LogP contribution < -0.4 is 15.4 Å². The highest BCUT2D eigenvalue weighted by atomic mass is 35.5. The fourth-order valence-corrected chi connectivity index (χ4v) is 3.88. The standard InChI is InChI=1S/C24H17ClFN3O3/c25-17-5-7-20(22(10-17)32-21-11-18(26)6-4-15(21)12-27)16-9-23(30)29(13-16)19-3-1-2-14(8-19)24(28)31/h1-8,10-11,16H,9,13H2,(H2,28,31). The molecule has 6 nitrogen and oxygen atoms in total. The van der Waals surface area contributed by atoms with Gasteiger partial charge in [-0.1, -0.05) is 23.7 Å². The number of carbonyl (C=O) groups excluding carboxylic acids is 2. The Hall–Kier alpha value is -3.89. The van der Waals surface area contributed by atoms with E-state index in [-0.39, 0.29) is 29.6 Å². The van der Waals surface area contributed by atoms with Gasteiger partial charge in [0.05, 0.1) is 5.56 Å². The molecule has 1 heterocycles. The Morgan fingerprint density at radius 1 is 1.16 bits per heavy atom. The van der Waals surface area contributed by atoms with Crippen molar-refractivity contribution in [3.05, 3.63) is 88.2 Å². The summed E-state index contributed by atoms with van der Waals surface area (Å²) in [7, 11) is 0. The molecule has 3 aromatic carbocycles. The van der Waals surface area contributed by atoms with Gasteiger partial charge in [-0.3, -0.25) is 9.59 Å². The molecule has 0 aliphatic carbocycles. The number of carbonyl (C=O) groups is 2. The molecular formula is C24H17ClFN3O3. The molecule has 3 aromatic rings. The SMILES string of the molecule is N#Cc1ccc(F)cc1Oc1cc(Cl)ccc1C1CC(=O)N(c2cccc(C(N)=O)c2)C1. The quantitative estimate of drug-likeness (QED) is 0.607. The largest absolute Gasteiger partial charge is 0.456 e. The normalized spacial score (nSPS) is 15.5. The molecule has 0 bridgehead atoms. The van der Waals surface area contributed by atoms with Crippen molar-refractivity contribution in [2.24, 2.45) is 5.73 Å². The molecular weight excluding hydrogens is 433 g/mol. The second-order valence-corrected chi connectivity index (χ2v) is 7.79. The van der Waals surface area contributed by atoms with Crippen molar-refractivity contribution in [2.45, 2.75) is 12.3 Å². The van der Waals surface area contributed by atoms with Gasteiger partial charge in [-0.05, 0) is 42.5 Å². The molecule has 0 saturated carbocycles. The third kappa shape index (κ3) is 4.27. The fourth-order valence-electron chi connectivity index (χ4n) is 3.72. The van der Waals surface area contributed by atoms with Crippen molar-refractivity contribution >= 4 is 29.1 Å². The summed E-state index contributed by atoms with van der Waals surface area (Å²) < 4.78 is 19.6. The van der Waals surface area contributed by atoms with Crippen molar-refractivity contribution in [1.29, 1.82) is 5.26 Å². The van der Waals surface area contributed by atoms with Crippen LogP contribution in [0.4, 0.5) is 10.1 Å². The molecule has 1 aliphatic rings. The van der Waals surface area contributed by atoms with Crippen LogP contribution in [-0.4, -0.2) is 18.4 Å². The van der Waals surface area contributed by atoms with Gasteiger partial charge >= 0.3 is 0 Å². The second-order valence-electron chi connectivity index (χ2n) is 7.36. The lowest BCUT2D eigenvalue weighted by Gasteiger charge is -2.19. The Morgan fingerprint density at radius 3 is 2.72 bits per heavy atom. The van der Waals surface area contributed by atoms with Crippen molar-refractivity contribution in [3.63, 3.8) is 0 Å². The zero-order chi connectivity index (χ0) is 22.8. The number of primary amides is 1. The molecule has 0 aromatic heterocycles. The lowest BCUT2D eigenvalue weighted by atomic mass is 9.97. The summed E-state index contributed by atoms with van der Waals surface area (Å²) in [5.74, 6) is -1.09. The summed E-state index contributed by atoms with van der Waals surface area (Å²) in [6.07, 6.45) is 0.201. The first-order chi connectivity index (χ1) is 15.4. The van der Waals surface area contributed by atoms with Crippen LogP contribution in [0, 0.1) is 17.1 Å². The van der Waals surface area contributed by atoms with E-state index in [9.17, 15) is 19.2 Å². The molecule has 1 aliphatic heterocycles. The van der Waals surface area contributed by atoms with E-state index in [2.05, 4.69) is 0 Å². The molecule has 0 radical (unpaired) electrons. The van der Waals surface area contributed by atoms with E-state index in [1.54, 1.807) is 47.4 Å². The minimum atomic E-state index is -0.577. The first-order valence-electron chi connectivity index (χ1n) is 9.73. The third-order valence-electron chi connectivity index (χ3n) is 5.27. The molecule has 4 rings (SSSR count). The molecule has 1 saturated heterocycles. The molecule has 32 heavy (non-hydrogen) atoms. The maximum atomic E-state index is 13.7. The van der Waals surface area contributed by atoms with E-state index in [0.29, 0.717) is 34.1 Å². The molecule has 1 atom stereocenters. The minimum Gasteiger partial charge on any atom is -0.456 e. The lowest BCUT2D eigenvalue weighted by Crippen LogP contribution is -2.24. The van der Waals surface area contributed by atoms with Gasteiger partial charge in [0.1, 0.15) is 23.4 Å². The highest BCUT2D eigenvalue weighted by Crippen LogP contribution is 2.40. The predicted octanol–water partition coefficient (Wildman–Crippen LogP) is 4.76. The number of nitrogens with two attached hydrogens (primary N) is 1. The highest BCUT2D eigenvalue weighted by Gasteiger charge is 2.33. The maximum absolute atomic E-state index is 13.7. The molecule has 160 valence electrons. The summed E-state index contributed by atoms with van der Waals surface area (Å²) in [6.45, 7) is 0.341. The molecule has 1 unspecified atom stereocenters. The maximum Gasteiger partial charge on any atom is 0.248 e. The van der Waals surface area contributed by atoms with Crippen LogP contribution in [0.5, 0.6) is 11.5 Å². The zero-order valence-corrected chi connectivity index (χ0v) is 17.5. The number of anilines is 1. The topological polar surface area (TPSA) is 96.4 Å². The first kappa shape index (κ1) is 21.3. The van der Waals surface area contributed by atoms with Crippen LogP contribution >= 0.6 is 11.6 Å². The van der Waals surface area contributed by atoms with Crippen molar-refractivity contribution < 1.29 is 18.7 Å². The number of benzene rings is 3. The number of halogens is 2. The van der Waals surface area contributed by atoms with Gasteiger partial charge < -0.3 is 15.4 Å². The monoisotopic (exact) mass is 449 g/mol. The van der Waals surface area contributed by atoms with Gasteiger partial charge in [-0.15, -0.1) is 0 Å². The van der Waals surface area contributed by atoms with E-state index >= 15 is 0 Å². The van der Waals surface area contributed by atoms with Gasteiger partial charge in [0, 0.05) is 46.8 Å². The predicted molar refractivity (Wildman–Crippen MR) is 117 cm³/mol. The van der Waals surface area contributed by atoms with Gasteiger partial charge in [0.25, 0.3) is 0 Å². The average molecular weight is 450 g/mol. The minimum absolute atomic E-state index is 0.0614. The Morgan fingerprint density at radius 2 is 1.97 bits per heavy atom. The van der Waals surface area contributed by atoms with Crippen LogP contribution in [0.3, 0.4) is 0 Å². The van der Waals surface area contributed by atoms with Crippen molar-refractivity contribution in [3.8, 4) is 17.6 Å². The van der Waals surface area contributed by atoms with Crippen molar-refractivity contribution in [1.82, 2.24) is 0 Å². The van der Waals surface area contributed by atoms with Crippen LogP contribution in [-0.2, 0) is 4.79 Å². The van der Waals surface area contributed by atoms with Crippen LogP contribution in [0.1, 0.15) is 33.8 Å². The van der Waals surface area contributed by atoms with Gasteiger partial charge in [0.15, 0.2) is 0 Å². The van der Waals surface area contributed by atoms with Gasteiger partial charge in [-0.2, -0.15) is 5.26 Å². The number of amides is 2. The van der Waals surface area contributed by atoms with E-state index < -0.39 is 11.7 Å². The Labute approximate surface area is 188 Å². The first-order valence-corrected chi connectivity index (χ1v) is 10.1. The summed E-state index contributed by atoms with van der Waals surface area (Å²) in [4.78, 5) is 25.9. The smallest absolute Gasteiger partial charge is 0.248 e. The van der Waals surface area contributed by atoms with E-state index in [1.807, 2.05) is 6.07 Å². The van der Waals surface area contributed by atoms with Gasteiger partial charge in [0.2, 0.25) is 11.8 Å². The molecule has 2 amide bonds. The van der Waals surface area contributed by atoms with E-state index in [4.69, 9.17) is 22.1 Å². The molecule has 1 fully saturated rings. The molecule has 8 heteroatoms. The third-order valence-corrected chi connectivity index (χ3v) is 5.50. The molecule has 2 N–H and O–H groups in total. The number of nitrogens with zero attached hydrogens (tertiary/aromatic N) is 2. The zero-order valence-electron chi connectivity index (χ0n) is 16.7. The highest BCUT2D eigenvalue weighted by molar-refractivity contribution is 6.30. The van der Waals surface area contributed by atoms with E-state index in [1.165, 1.54) is 12.1 Å². The average Bonchev–Trinajstić information content (AvgIpc) is 3.15. The Kier molecular flexibility index (Phi) is 5.80. The number of rotatable bonds is 5. The summed E-state index contributed by atoms with van der Waals surface area (Å²) >= 11 is 6.15. The number of ether oxygens (including phenoxy) is 1. The van der Waals surface area contributed by atoms with Gasteiger partial charge in [-0.25, -0.2) is 4.39 Å². The van der Waals surface area contributed by atoms with Crippen LogP contribution in [0.15, 0.2) is 60.7 Å². The van der Waals surface area contributed by atoms with Crippen molar-refractivity contribution in [2.75, 3.05) is 11.4 Å². The second kappa shape index (κ2) is 8.69. The summed E-state index contributed by atoms with van der Waals surface area (Å²) in [6, 6.07) is 17.2. The summed E-state index contributed by atoms with van der Waals surface area (Å²) in [5, 5.41) is 9.71. The Bertz CT molecular complexity index is 1270. The molecule has 0 spiro atoms. The summed E-state index contributed by atoms with van der Waals surface area (Å²) in [5.41, 5.74) is 7.11. The Balaban J connectivity index is 1.66.